The second-order valence-electron chi connectivity index (χ2n) is 5.27. The van der Waals surface area contributed by atoms with E-state index in [0.29, 0.717) is 6.54 Å². The molecule has 0 heterocycles. The van der Waals surface area contributed by atoms with Crippen molar-refractivity contribution in [3.05, 3.63) is 69.0 Å². The Morgan fingerprint density at radius 1 is 1.19 bits per heavy atom. The first-order valence-corrected chi connectivity index (χ1v) is 8.03. The quantitative estimate of drug-likeness (QED) is 0.710. The Labute approximate surface area is 137 Å². The van der Waals surface area contributed by atoms with E-state index in [1.54, 1.807) is 6.07 Å². The number of nitrogens with zero attached hydrogens (tertiary/aromatic N) is 1. The first kappa shape index (κ1) is 14.5. The lowest BCUT2D eigenvalue weighted by Gasteiger charge is -2.23. The van der Waals surface area contributed by atoms with E-state index in [0.717, 1.165) is 27.5 Å². The predicted octanol–water partition coefficient (Wildman–Crippen LogP) is 4.24. The SMILES string of the molecule is O=C(c1ccccc1I)N(Cc1cccc(F)c1)C1CC1. The molecule has 0 aliphatic heterocycles. The van der Waals surface area contributed by atoms with Crippen molar-refractivity contribution in [2.45, 2.75) is 25.4 Å². The molecule has 3 rings (SSSR count). The van der Waals surface area contributed by atoms with Crippen LogP contribution < -0.4 is 0 Å². The highest BCUT2D eigenvalue weighted by atomic mass is 127. The first-order valence-electron chi connectivity index (χ1n) is 6.95. The zero-order valence-electron chi connectivity index (χ0n) is 11.4. The summed E-state index contributed by atoms with van der Waals surface area (Å²) < 4.78 is 14.3. The highest BCUT2D eigenvalue weighted by Crippen LogP contribution is 2.30. The molecule has 2 aromatic rings. The molecule has 0 aromatic heterocycles. The fourth-order valence-corrected chi connectivity index (χ4v) is 2.99. The van der Waals surface area contributed by atoms with Crippen LogP contribution in [-0.2, 0) is 6.54 Å². The lowest BCUT2D eigenvalue weighted by atomic mass is 10.1. The lowest BCUT2D eigenvalue weighted by Crippen LogP contribution is -2.33. The van der Waals surface area contributed by atoms with E-state index >= 15 is 0 Å². The summed E-state index contributed by atoms with van der Waals surface area (Å²) in [6, 6.07) is 14.3. The second-order valence-corrected chi connectivity index (χ2v) is 6.44. The standard InChI is InChI=1S/C17H15FINO/c18-13-5-3-4-12(10-13)11-20(14-8-9-14)17(21)15-6-1-2-7-16(15)19/h1-7,10,14H,8-9,11H2. The average Bonchev–Trinajstić information content (AvgIpc) is 3.29. The molecule has 1 saturated carbocycles. The van der Waals surface area contributed by atoms with Crippen molar-refractivity contribution in [3.63, 3.8) is 0 Å². The van der Waals surface area contributed by atoms with Crippen molar-refractivity contribution >= 4 is 28.5 Å². The van der Waals surface area contributed by atoms with Crippen molar-refractivity contribution in [2.24, 2.45) is 0 Å². The molecule has 0 saturated heterocycles. The molecule has 0 radical (unpaired) electrons. The molecule has 2 nitrogen and oxygen atoms in total. The fraction of sp³-hybridized carbons (Fsp3) is 0.235. The molecule has 1 aliphatic rings. The zero-order valence-corrected chi connectivity index (χ0v) is 13.6. The molecule has 1 amide bonds. The smallest absolute Gasteiger partial charge is 0.255 e. The minimum atomic E-state index is -0.259. The van der Waals surface area contributed by atoms with Gasteiger partial charge in [-0.3, -0.25) is 4.79 Å². The van der Waals surface area contributed by atoms with E-state index < -0.39 is 0 Å². The van der Waals surface area contributed by atoms with Gasteiger partial charge in [-0.2, -0.15) is 0 Å². The van der Waals surface area contributed by atoms with Gasteiger partial charge >= 0.3 is 0 Å². The Kier molecular flexibility index (Phi) is 4.24. The second kappa shape index (κ2) is 6.13. The highest BCUT2D eigenvalue weighted by Gasteiger charge is 2.33. The van der Waals surface area contributed by atoms with Gasteiger partial charge in [0.1, 0.15) is 5.82 Å². The fourth-order valence-electron chi connectivity index (χ4n) is 2.37. The van der Waals surface area contributed by atoms with Gasteiger partial charge in [0.25, 0.3) is 5.91 Å². The number of benzene rings is 2. The maximum absolute atomic E-state index is 13.3. The van der Waals surface area contributed by atoms with E-state index in [-0.39, 0.29) is 17.8 Å². The van der Waals surface area contributed by atoms with Crippen molar-refractivity contribution in [1.82, 2.24) is 4.90 Å². The third-order valence-electron chi connectivity index (χ3n) is 3.59. The van der Waals surface area contributed by atoms with Gasteiger partial charge in [0.05, 0.1) is 5.56 Å². The number of hydrogen-bond acceptors (Lipinski definition) is 1. The molecule has 0 N–H and O–H groups in total. The molecule has 1 aliphatic carbocycles. The van der Waals surface area contributed by atoms with Crippen LogP contribution in [-0.4, -0.2) is 16.8 Å². The number of halogens is 2. The van der Waals surface area contributed by atoms with Gasteiger partial charge in [-0.15, -0.1) is 0 Å². The van der Waals surface area contributed by atoms with Crippen molar-refractivity contribution in [2.75, 3.05) is 0 Å². The summed E-state index contributed by atoms with van der Waals surface area (Å²) in [5, 5.41) is 0. The van der Waals surface area contributed by atoms with Gasteiger partial charge in [0.15, 0.2) is 0 Å². The predicted molar refractivity (Wildman–Crippen MR) is 88.5 cm³/mol. The maximum Gasteiger partial charge on any atom is 0.255 e. The number of carbonyl (C=O) groups excluding carboxylic acids is 1. The Bertz CT molecular complexity index is 669. The topological polar surface area (TPSA) is 20.3 Å². The van der Waals surface area contributed by atoms with Gasteiger partial charge in [0, 0.05) is 16.2 Å². The molecule has 21 heavy (non-hydrogen) atoms. The molecule has 108 valence electrons. The van der Waals surface area contributed by atoms with Crippen molar-refractivity contribution < 1.29 is 9.18 Å². The van der Waals surface area contributed by atoms with Gasteiger partial charge in [-0.25, -0.2) is 4.39 Å². The number of amides is 1. The summed E-state index contributed by atoms with van der Waals surface area (Å²) in [5.74, 6) is -0.225. The Balaban J connectivity index is 1.85. The Morgan fingerprint density at radius 3 is 2.62 bits per heavy atom. The Morgan fingerprint density at radius 2 is 1.95 bits per heavy atom. The van der Waals surface area contributed by atoms with Crippen LogP contribution in [0.4, 0.5) is 4.39 Å². The molecule has 2 aromatic carbocycles. The first-order chi connectivity index (χ1) is 10.1. The van der Waals surface area contributed by atoms with Gasteiger partial charge in [0.2, 0.25) is 0 Å². The Hall–Kier alpha value is -1.43. The maximum atomic E-state index is 13.3. The van der Waals surface area contributed by atoms with Crippen LogP contribution in [0.5, 0.6) is 0 Å². The summed E-state index contributed by atoms with van der Waals surface area (Å²) in [6.45, 7) is 0.465. The molecule has 4 heteroatoms. The summed E-state index contributed by atoms with van der Waals surface area (Å²) in [4.78, 5) is 14.6. The monoisotopic (exact) mass is 395 g/mol. The highest BCUT2D eigenvalue weighted by molar-refractivity contribution is 14.1. The van der Waals surface area contributed by atoms with E-state index in [4.69, 9.17) is 0 Å². The van der Waals surface area contributed by atoms with Crippen molar-refractivity contribution in [3.8, 4) is 0 Å². The minimum absolute atomic E-state index is 0.0340. The van der Waals surface area contributed by atoms with Crippen LogP contribution in [0.15, 0.2) is 48.5 Å². The number of rotatable bonds is 4. The zero-order chi connectivity index (χ0) is 14.8. The van der Waals surface area contributed by atoms with Gasteiger partial charge in [-0.05, 0) is 65.3 Å². The molecule has 0 unspecified atom stereocenters. The van der Waals surface area contributed by atoms with E-state index in [1.165, 1.54) is 12.1 Å². The molecule has 0 bridgehead atoms. The van der Waals surface area contributed by atoms with Crippen LogP contribution in [0.1, 0.15) is 28.8 Å². The lowest BCUT2D eigenvalue weighted by molar-refractivity contribution is 0.0728. The van der Waals surface area contributed by atoms with E-state index in [1.807, 2.05) is 35.2 Å². The normalized spacial score (nSPS) is 14.0. The van der Waals surface area contributed by atoms with E-state index in [9.17, 15) is 9.18 Å². The van der Waals surface area contributed by atoms with Crippen LogP contribution in [0.3, 0.4) is 0 Å². The summed E-state index contributed by atoms with van der Waals surface area (Å²) in [5.41, 5.74) is 1.56. The molecular weight excluding hydrogens is 380 g/mol. The van der Waals surface area contributed by atoms with Crippen LogP contribution in [0, 0.1) is 9.39 Å². The van der Waals surface area contributed by atoms with Gasteiger partial charge in [-0.1, -0.05) is 24.3 Å². The van der Waals surface area contributed by atoms with E-state index in [2.05, 4.69) is 22.6 Å². The summed E-state index contributed by atoms with van der Waals surface area (Å²) >= 11 is 2.18. The minimum Gasteiger partial charge on any atom is -0.331 e. The van der Waals surface area contributed by atoms with Crippen LogP contribution >= 0.6 is 22.6 Å². The third kappa shape index (κ3) is 3.43. The van der Waals surface area contributed by atoms with Crippen LogP contribution in [0.2, 0.25) is 0 Å². The largest absolute Gasteiger partial charge is 0.331 e. The van der Waals surface area contributed by atoms with Crippen molar-refractivity contribution in [1.29, 1.82) is 0 Å². The summed E-state index contributed by atoms with van der Waals surface area (Å²) in [7, 11) is 0. The van der Waals surface area contributed by atoms with Gasteiger partial charge < -0.3 is 4.90 Å². The average molecular weight is 395 g/mol. The molecule has 1 fully saturated rings. The molecular formula is C17H15FINO. The number of hydrogen-bond donors (Lipinski definition) is 0. The van der Waals surface area contributed by atoms with Crippen LogP contribution in [0.25, 0.3) is 0 Å². The molecule has 0 spiro atoms. The number of carbonyl (C=O) groups is 1. The molecule has 0 atom stereocenters. The third-order valence-corrected chi connectivity index (χ3v) is 4.54. The summed E-state index contributed by atoms with van der Waals surface area (Å²) in [6.07, 6.45) is 2.06.